The highest BCUT2D eigenvalue weighted by atomic mass is 32.2. The van der Waals surface area contributed by atoms with E-state index in [2.05, 4.69) is 5.32 Å². The molecule has 0 aliphatic carbocycles. The Labute approximate surface area is 138 Å². The molecule has 3 rings (SSSR count). The molecule has 0 bridgehead atoms. The zero-order chi connectivity index (χ0) is 16.7. The van der Waals surface area contributed by atoms with E-state index in [1.165, 1.54) is 0 Å². The predicted molar refractivity (Wildman–Crippen MR) is 88.5 cm³/mol. The van der Waals surface area contributed by atoms with E-state index in [0.29, 0.717) is 24.3 Å². The molecule has 23 heavy (non-hydrogen) atoms. The van der Waals surface area contributed by atoms with E-state index < -0.39 is 10.0 Å². The summed E-state index contributed by atoms with van der Waals surface area (Å²) in [6.45, 7) is 4.42. The Morgan fingerprint density at radius 2 is 2.13 bits per heavy atom. The van der Waals surface area contributed by atoms with Crippen molar-refractivity contribution in [3.05, 3.63) is 29.8 Å². The highest BCUT2D eigenvalue weighted by Gasteiger charge is 2.51. The van der Waals surface area contributed by atoms with Crippen LogP contribution in [0.3, 0.4) is 0 Å². The van der Waals surface area contributed by atoms with E-state index in [1.807, 2.05) is 19.9 Å². The fraction of sp³-hybridized carbons (Fsp3) is 0.588. The maximum atomic E-state index is 13.1. The number of carbonyl (C=O) groups is 1. The van der Waals surface area contributed by atoms with Crippen LogP contribution in [-0.4, -0.2) is 36.8 Å². The Morgan fingerprint density at radius 3 is 2.74 bits per heavy atom. The van der Waals surface area contributed by atoms with E-state index in [1.54, 1.807) is 22.5 Å². The number of aryl methyl sites for hydroxylation is 1. The van der Waals surface area contributed by atoms with Gasteiger partial charge in [0.05, 0.1) is 10.4 Å². The Kier molecular flexibility index (Phi) is 4.23. The number of sulfonamides is 1. The third-order valence-corrected chi connectivity index (χ3v) is 7.06. The standard InChI is InChI=1S/C17H24N2O3S/c1-3-15-17(10-8-16(20)18-17)9-5-11-19(15)23(21,22)14-7-4-6-13(2)12-14/h4,6-7,12,15H,3,5,8-11H2,1-2H3,(H,18,20)/t15-,17+/m1/s1. The summed E-state index contributed by atoms with van der Waals surface area (Å²) in [4.78, 5) is 12.1. The first-order valence-corrected chi connectivity index (χ1v) is 9.72. The number of carbonyl (C=O) groups excluding carboxylic acids is 1. The van der Waals surface area contributed by atoms with Gasteiger partial charge in [-0.15, -0.1) is 0 Å². The molecule has 2 atom stereocenters. The summed E-state index contributed by atoms with van der Waals surface area (Å²) in [6.07, 6.45) is 3.56. The van der Waals surface area contributed by atoms with Crippen molar-refractivity contribution in [2.45, 2.75) is 62.4 Å². The number of piperidine rings is 1. The third kappa shape index (κ3) is 2.78. The van der Waals surface area contributed by atoms with Gasteiger partial charge in [-0.05, 0) is 50.3 Å². The summed E-state index contributed by atoms with van der Waals surface area (Å²) >= 11 is 0. The molecule has 0 saturated carbocycles. The topological polar surface area (TPSA) is 66.5 Å². The average Bonchev–Trinajstić information content (AvgIpc) is 2.88. The quantitative estimate of drug-likeness (QED) is 0.920. The molecule has 1 amide bonds. The SMILES string of the molecule is CC[C@H]1N(S(=O)(=O)c2cccc(C)c2)CCC[C@]12CCC(=O)N2. The van der Waals surface area contributed by atoms with Crippen LogP contribution in [-0.2, 0) is 14.8 Å². The fourth-order valence-electron chi connectivity index (χ4n) is 4.12. The summed E-state index contributed by atoms with van der Waals surface area (Å²) in [6, 6.07) is 6.87. The van der Waals surface area contributed by atoms with Gasteiger partial charge in [-0.1, -0.05) is 19.1 Å². The number of rotatable bonds is 3. The second kappa shape index (κ2) is 5.91. The van der Waals surface area contributed by atoms with Crippen LogP contribution in [0.2, 0.25) is 0 Å². The lowest BCUT2D eigenvalue weighted by Crippen LogP contribution is -2.62. The monoisotopic (exact) mass is 336 g/mol. The van der Waals surface area contributed by atoms with Crippen molar-refractivity contribution in [1.82, 2.24) is 9.62 Å². The summed E-state index contributed by atoms with van der Waals surface area (Å²) in [5.74, 6) is 0.0400. The van der Waals surface area contributed by atoms with Crippen molar-refractivity contribution in [2.75, 3.05) is 6.54 Å². The van der Waals surface area contributed by atoms with Crippen LogP contribution in [0.1, 0.15) is 44.6 Å². The van der Waals surface area contributed by atoms with Crippen LogP contribution in [0.25, 0.3) is 0 Å². The minimum atomic E-state index is -3.54. The highest BCUT2D eigenvalue weighted by molar-refractivity contribution is 7.89. The number of amides is 1. The Balaban J connectivity index is 1.99. The second-order valence-corrected chi connectivity index (χ2v) is 8.55. The lowest BCUT2D eigenvalue weighted by atomic mass is 9.80. The van der Waals surface area contributed by atoms with Gasteiger partial charge in [0.2, 0.25) is 15.9 Å². The maximum absolute atomic E-state index is 13.1. The van der Waals surface area contributed by atoms with Crippen molar-refractivity contribution in [2.24, 2.45) is 0 Å². The van der Waals surface area contributed by atoms with Crippen LogP contribution in [0.4, 0.5) is 0 Å². The lowest BCUT2D eigenvalue weighted by Gasteiger charge is -2.47. The Hall–Kier alpha value is -1.40. The van der Waals surface area contributed by atoms with Crippen LogP contribution in [0, 0.1) is 6.92 Å². The van der Waals surface area contributed by atoms with Gasteiger partial charge in [0.25, 0.3) is 0 Å². The smallest absolute Gasteiger partial charge is 0.243 e. The van der Waals surface area contributed by atoms with Crippen molar-refractivity contribution >= 4 is 15.9 Å². The highest BCUT2D eigenvalue weighted by Crippen LogP contribution is 2.39. The summed E-state index contributed by atoms with van der Waals surface area (Å²) in [5.41, 5.74) is 0.543. The van der Waals surface area contributed by atoms with Crippen molar-refractivity contribution < 1.29 is 13.2 Å². The van der Waals surface area contributed by atoms with Gasteiger partial charge in [0.1, 0.15) is 0 Å². The minimum absolute atomic E-state index is 0.0400. The van der Waals surface area contributed by atoms with Gasteiger partial charge < -0.3 is 5.32 Å². The molecule has 2 aliphatic heterocycles. The molecule has 2 saturated heterocycles. The number of benzene rings is 1. The molecule has 1 aromatic rings. The normalized spacial score (nSPS) is 29.0. The molecular weight excluding hydrogens is 312 g/mol. The molecule has 5 nitrogen and oxygen atoms in total. The van der Waals surface area contributed by atoms with Crippen molar-refractivity contribution in [3.8, 4) is 0 Å². The van der Waals surface area contributed by atoms with E-state index in [9.17, 15) is 13.2 Å². The van der Waals surface area contributed by atoms with Crippen LogP contribution < -0.4 is 5.32 Å². The molecule has 126 valence electrons. The molecule has 6 heteroatoms. The van der Waals surface area contributed by atoms with Gasteiger partial charge in [-0.2, -0.15) is 4.31 Å². The molecule has 1 spiro atoms. The molecule has 2 heterocycles. The average molecular weight is 336 g/mol. The van der Waals surface area contributed by atoms with E-state index in [0.717, 1.165) is 24.8 Å². The van der Waals surface area contributed by atoms with Gasteiger partial charge >= 0.3 is 0 Å². The third-order valence-electron chi connectivity index (χ3n) is 5.16. The molecule has 1 N–H and O–H groups in total. The van der Waals surface area contributed by atoms with Gasteiger partial charge in [0.15, 0.2) is 0 Å². The molecule has 0 unspecified atom stereocenters. The van der Waals surface area contributed by atoms with Crippen LogP contribution >= 0.6 is 0 Å². The van der Waals surface area contributed by atoms with Crippen LogP contribution in [0.5, 0.6) is 0 Å². The fourth-order valence-corrected chi connectivity index (χ4v) is 6.03. The first-order valence-electron chi connectivity index (χ1n) is 8.28. The van der Waals surface area contributed by atoms with Crippen LogP contribution in [0.15, 0.2) is 29.2 Å². The molecule has 2 fully saturated rings. The van der Waals surface area contributed by atoms with Gasteiger partial charge in [0, 0.05) is 19.0 Å². The lowest BCUT2D eigenvalue weighted by molar-refractivity contribution is -0.120. The molecule has 0 aromatic heterocycles. The second-order valence-electron chi connectivity index (χ2n) is 6.66. The molecule has 2 aliphatic rings. The van der Waals surface area contributed by atoms with Crippen molar-refractivity contribution in [3.63, 3.8) is 0 Å². The predicted octanol–water partition coefficient (Wildman–Crippen LogP) is 2.21. The zero-order valence-corrected chi connectivity index (χ0v) is 14.5. The number of nitrogens with one attached hydrogen (secondary N) is 1. The number of nitrogens with zero attached hydrogens (tertiary/aromatic N) is 1. The van der Waals surface area contributed by atoms with E-state index in [-0.39, 0.29) is 17.5 Å². The van der Waals surface area contributed by atoms with Gasteiger partial charge in [-0.25, -0.2) is 8.42 Å². The minimum Gasteiger partial charge on any atom is -0.349 e. The van der Waals surface area contributed by atoms with E-state index in [4.69, 9.17) is 0 Å². The molecular formula is C17H24N2O3S. The summed E-state index contributed by atoms with van der Waals surface area (Å²) in [7, 11) is -3.54. The first-order chi connectivity index (χ1) is 10.9. The largest absolute Gasteiger partial charge is 0.349 e. The van der Waals surface area contributed by atoms with E-state index >= 15 is 0 Å². The maximum Gasteiger partial charge on any atom is 0.243 e. The molecule has 0 radical (unpaired) electrons. The summed E-state index contributed by atoms with van der Waals surface area (Å²) < 4.78 is 27.9. The first kappa shape index (κ1) is 16.5. The zero-order valence-electron chi connectivity index (χ0n) is 13.7. The Bertz CT molecular complexity index is 716. The summed E-state index contributed by atoms with van der Waals surface area (Å²) in [5, 5.41) is 3.09. The Morgan fingerprint density at radius 1 is 1.35 bits per heavy atom. The molecule has 1 aromatic carbocycles. The number of hydrogen-bond donors (Lipinski definition) is 1. The van der Waals surface area contributed by atoms with Crippen molar-refractivity contribution in [1.29, 1.82) is 0 Å². The van der Waals surface area contributed by atoms with Gasteiger partial charge in [-0.3, -0.25) is 4.79 Å². The number of hydrogen-bond acceptors (Lipinski definition) is 3.